The quantitative estimate of drug-likeness (QED) is 0.391. The second kappa shape index (κ2) is 7.94. The van der Waals surface area contributed by atoms with E-state index in [-0.39, 0.29) is 5.39 Å². The van der Waals surface area contributed by atoms with E-state index in [0.29, 0.717) is 5.39 Å². The third kappa shape index (κ3) is 4.25. The van der Waals surface area contributed by atoms with Crippen LogP contribution in [0.1, 0.15) is 42.9 Å². The molecule has 0 nitrogen and oxygen atoms in total. The summed E-state index contributed by atoms with van der Waals surface area (Å²) < 4.78 is 27.0. The van der Waals surface area contributed by atoms with Crippen molar-refractivity contribution in [1.82, 2.24) is 0 Å². The number of fused-ring (bicyclic) bond motifs is 1. The molecule has 0 aliphatic rings. The summed E-state index contributed by atoms with van der Waals surface area (Å²) in [5.74, 6) is 4.58. The fraction of sp³-hybridized carbons (Fsp3) is 0.217. The average molecular weight is 334 g/mol. The van der Waals surface area contributed by atoms with E-state index in [2.05, 4.69) is 30.9 Å². The van der Waals surface area contributed by atoms with E-state index in [0.717, 1.165) is 23.6 Å². The summed E-state index contributed by atoms with van der Waals surface area (Å²) in [4.78, 5) is 0. The Kier molecular flexibility index (Phi) is 5.46. The van der Waals surface area contributed by atoms with Crippen molar-refractivity contribution in [2.24, 2.45) is 0 Å². The van der Waals surface area contributed by atoms with Gasteiger partial charge in [0.1, 0.15) is 0 Å². The second-order valence-corrected chi connectivity index (χ2v) is 6.20. The summed E-state index contributed by atoms with van der Waals surface area (Å²) in [5, 5.41) is 0.930. The molecule has 3 aromatic carbocycles. The summed E-state index contributed by atoms with van der Waals surface area (Å²) in [6.07, 6.45) is 4.81. The first-order valence-corrected chi connectivity index (χ1v) is 8.66. The lowest BCUT2D eigenvalue weighted by atomic mass is 10.0. The molecule has 0 unspecified atom stereocenters. The Hall–Kier alpha value is -2.66. The van der Waals surface area contributed by atoms with Crippen molar-refractivity contribution < 1.29 is 8.78 Å². The maximum Gasteiger partial charge on any atom is 0.166 e. The number of hydrogen-bond acceptors (Lipinski definition) is 0. The molecule has 0 atom stereocenters. The normalized spacial score (nSPS) is 10.5. The van der Waals surface area contributed by atoms with Crippen molar-refractivity contribution in [2.45, 2.75) is 32.6 Å². The molecule has 0 fully saturated rings. The van der Waals surface area contributed by atoms with Crippen LogP contribution in [0.2, 0.25) is 0 Å². The van der Waals surface area contributed by atoms with Crippen LogP contribution < -0.4 is 0 Å². The highest BCUT2D eigenvalue weighted by molar-refractivity contribution is 5.84. The van der Waals surface area contributed by atoms with Gasteiger partial charge in [-0.15, -0.1) is 0 Å². The first kappa shape index (κ1) is 17.2. The van der Waals surface area contributed by atoms with E-state index in [4.69, 9.17) is 0 Å². The van der Waals surface area contributed by atoms with Crippen molar-refractivity contribution >= 4 is 10.8 Å². The van der Waals surface area contributed by atoms with Crippen molar-refractivity contribution in [3.63, 3.8) is 0 Å². The van der Waals surface area contributed by atoms with E-state index in [1.165, 1.54) is 24.8 Å². The van der Waals surface area contributed by atoms with Crippen molar-refractivity contribution in [2.75, 3.05) is 0 Å². The highest BCUT2D eigenvalue weighted by Crippen LogP contribution is 2.21. The van der Waals surface area contributed by atoms with Crippen LogP contribution in [0.5, 0.6) is 0 Å². The molecule has 25 heavy (non-hydrogen) atoms. The first-order valence-electron chi connectivity index (χ1n) is 8.66. The van der Waals surface area contributed by atoms with E-state index >= 15 is 0 Å². The van der Waals surface area contributed by atoms with Crippen LogP contribution in [-0.2, 0) is 6.42 Å². The van der Waals surface area contributed by atoms with Gasteiger partial charge in [0.2, 0.25) is 0 Å². The van der Waals surface area contributed by atoms with Crippen LogP contribution >= 0.6 is 0 Å². The highest BCUT2D eigenvalue weighted by Gasteiger charge is 2.06. The molecule has 3 rings (SSSR count). The zero-order chi connectivity index (χ0) is 17.6. The molecular formula is C23H20F2. The smallest absolute Gasteiger partial charge is 0.166 e. The van der Waals surface area contributed by atoms with Crippen LogP contribution in [0, 0.1) is 23.5 Å². The molecular weight excluding hydrogens is 314 g/mol. The molecule has 0 aliphatic carbocycles. The largest absolute Gasteiger partial charge is 0.204 e. The maximum absolute atomic E-state index is 13.7. The van der Waals surface area contributed by atoms with Gasteiger partial charge < -0.3 is 0 Å². The minimum Gasteiger partial charge on any atom is -0.204 e. The standard InChI is InChI=1S/C23H20F2/c1-2-3-4-5-17-6-8-18(9-7-17)10-11-19-12-14-21-20(16-19)13-15-22(24)23(21)25/h6-9,12-16H,2-5H2,1H3. The summed E-state index contributed by atoms with van der Waals surface area (Å²) in [6.45, 7) is 2.20. The molecule has 0 bridgehead atoms. The predicted molar refractivity (Wildman–Crippen MR) is 99.5 cm³/mol. The highest BCUT2D eigenvalue weighted by atomic mass is 19.2. The van der Waals surface area contributed by atoms with E-state index < -0.39 is 11.6 Å². The van der Waals surface area contributed by atoms with Gasteiger partial charge in [0.05, 0.1) is 0 Å². The summed E-state index contributed by atoms with van der Waals surface area (Å²) in [5.41, 5.74) is 3.07. The Morgan fingerprint density at radius 2 is 1.52 bits per heavy atom. The van der Waals surface area contributed by atoms with E-state index in [9.17, 15) is 8.78 Å². The Morgan fingerprint density at radius 3 is 2.28 bits per heavy atom. The molecule has 3 aromatic rings. The fourth-order valence-corrected chi connectivity index (χ4v) is 2.82. The average Bonchev–Trinajstić information content (AvgIpc) is 2.64. The predicted octanol–water partition coefficient (Wildman–Crippen LogP) is 6.25. The third-order valence-corrected chi connectivity index (χ3v) is 4.28. The number of hydrogen-bond donors (Lipinski definition) is 0. The van der Waals surface area contributed by atoms with Gasteiger partial charge in [-0.1, -0.05) is 55.9 Å². The zero-order valence-electron chi connectivity index (χ0n) is 14.3. The lowest BCUT2D eigenvalue weighted by molar-refractivity contribution is 0.517. The maximum atomic E-state index is 13.7. The summed E-state index contributed by atoms with van der Waals surface area (Å²) >= 11 is 0. The van der Waals surface area contributed by atoms with Gasteiger partial charge >= 0.3 is 0 Å². The molecule has 0 spiro atoms. The molecule has 2 heteroatoms. The lowest BCUT2D eigenvalue weighted by Crippen LogP contribution is -1.87. The number of halogens is 2. The van der Waals surface area contributed by atoms with Crippen LogP contribution in [0.4, 0.5) is 8.78 Å². The SMILES string of the molecule is CCCCCc1ccc(C#Cc2ccc3c(F)c(F)ccc3c2)cc1. The van der Waals surface area contributed by atoms with Gasteiger partial charge in [-0.3, -0.25) is 0 Å². The van der Waals surface area contributed by atoms with Crippen molar-refractivity contribution in [3.8, 4) is 11.8 Å². The lowest BCUT2D eigenvalue weighted by Gasteiger charge is -2.01. The molecule has 0 saturated carbocycles. The molecule has 0 amide bonds. The van der Waals surface area contributed by atoms with E-state index in [1.807, 2.05) is 12.1 Å². The molecule has 0 saturated heterocycles. The van der Waals surface area contributed by atoms with Crippen molar-refractivity contribution in [3.05, 3.63) is 82.9 Å². The summed E-state index contributed by atoms with van der Waals surface area (Å²) in [7, 11) is 0. The summed E-state index contributed by atoms with van der Waals surface area (Å²) in [6, 6.07) is 16.1. The second-order valence-electron chi connectivity index (χ2n) is 6.20. The molecule has 0 radical (unpaired) electrons. The topological polar surface area (TPSA) is 0 Å². The van der Waals surface area contributed by atoms with Crippen LogP contribution in [0.15, 0.2) is 54.6 Å². The Morgan fingerprint density at radius 1 is 0.800 bits per heavy atom. The molecule has 0 N–H and O–H groups in total. The van der Waals surface area contributed by atoms with Crippen LogP contribution in [-0.4, -0.2) is 0 Å². The number of benzene rings is 3. The number of unbranched alkanes of at least 4 members (excludes halogenated alkanes) is 2. The molecule has 0 aromatic heterocycles. The van der Waals surface area contributed by atoms with Gasteiger partial charge in [0.15, 0.2) is 11.6 Å². The minimum absolute atomic E-state index is 0.280. The van der Waals surface area contributed by atoms with Gasteiger partial charge in [-0.05, 0) is 54.1 Å². The monoisotopic (exact) mass is 334 g/mol. The zero-order valence-corrected chi connectivity index (χ0v) is 14.3. The third-order valence-electron chi connectivity index (χ3n) is 4.28. The minimum atomic E-state index is -0.828. The Balaban J connectivity index is 1.77. The first-order chi connectivity index (χ1) is 12.2. The van der Waals surface area contributed by atoms with Gasteiger partial charge in [-0.25, -0.2) is 8.78 Å². The van der Waals surface area contributed by atoms with E-state index in [1.54, 1.807) is 24.3 Å². The Bertz CT molecular complexity index is 928. The van der Waals surface area contributed by atoms with Crippen LogP contribution in [0.25, 0.3) is 10.8 Å². The number of rotatable bonds is 4. The Labute approximate surface area is 147 Å². The molecule has 0 aliphatic heterocycles. The molecule has 0 heterocycles. The van der Waals surface area contributed by atoms with Gasteiger partial charge in [-0.2, -0.15) is 0 Å². The fourth-order valence-electron chi connectivity index (χ4n) is 2.82. The van der Waals surface area contributed by atoms with Crippen molar-refractivity contribution in [1.29, 1.82) is 0 Å². The van der Waals surface area contributed by atoms with Gasteiger partial charge in [0.25, 0.3) is 0 Å². The number of aryl methyl sites for hydroxylation is 1. The van der Waals surface area contributed by atoms with Crippen LogP contribution in [0.3, 0.4) is 0 Å². The molecule has 126 valence electrons. The van der Waals surface area contributed by atoms with Gasteiger partial charge in [0, 0.05) is 16.5 Å².